The van der Waals surface area contributed by atoms with Gasteiger partial charge in [-0.1, -0.05) is 60.7 Å². The summed E-state index contributed by atoms with van der Waals surface area (Å²) in [5.41, 5.74) is -0.833. The van der Waals surface area contributed by atoms with E-state index in [9.17, 15) is 18.0 Å². The first kappa shape index (κ1) is 19.7. The number of ether oxygens (including phenoxy) is 1. The number of amides is 1. The Hall–Kier alpha value is -3.09. The highest BCUT2D eigenvalue weighted by Gasteiger charge is 2.68. The minimum atomic E-state index is -4.61. The quantitative estimate of drug-likeness (QED) is 0.553. The van der Waals surface area contributed by atoms with Crippen LogP contribution >= 0.6 is 0 Å². The maximum Gasteiger partial charge on any atom is 0.403 e. The number of carbonyl (C=O) groups excluding carboxylic acids is 1. The van der Waals surface area contributed by atoms with Crippen molar-refractivity contribution in [3.8, 4) is 0 Å². The highest BCUT2D eigenvalue weighted by molar-refractivity contribution is 5.89. The monoisotopic (exact) mass is 388 g/mol. The van der Waals surface area contributed by atoms with Crippen LogP contribution in [0.3, 0.4) is 0 Å². The van der Waals surface area contributed by atoms with Gasteiger partial charge in [0.15, 0.2) is 0 Å². The molecule has 1 amide bonds. The van der Waals surface area contributed by atoms with Crippen LogP contribution in [-0.4, -0.2) is 18.8 Å². The van der Waals surface area contributed by atoms with Gasteiger partial charge in [0.25, 0.3) is 0 Å². The molecule has 0 saturated heterocycles. The van der Waals surface area contributed by atoms with E-state index in [1.165, 1.54) is 0 Å². The summed E-state index contributed by atoms with van der Waals surface area (Å²) in [5, 5.41) is 2.31. The number of rotatable bonds is 7. The summed E-state index contributed by atoms with van der Waals surface area (Å²) in [7, 11) is 0. The van der Waals surface area contributed by atoms with E-state index in [1.54, 1.807) is 42.5 Å². The van der Waals surface area contributed by atoms with Crippen molar-refractivity contribution >= 4 is 18.3 Å². The normalized spacial score (nSPS) is 16.0. The van der Waals surface area contributed by atoms with E-state index in [0.717, 1.165) is 5.56 Å². The Kier molecular flexibility index (Phi) is 5.53. The predicted octanol–water partition coefficient (Wildman–Crippen LogP) is 4.69. The Morgan fingerprint density at radius 3 is 2.14 bits per heavy atom. The molecule has 7 heteroatoms. The van der Waals surface area contributed by atoms with Crippen molar-refractivity contribution < 1.29 is 22.7 Å². The molecule has 1 aliphatic carbocycles. The van der Waals surface area contributed by atoms with Gasteiger partial charge in [0.05, 0.1) is 0 Å². The summed E-state index contributed by atoms with van der Waals surface area (Å²) in [6, 6.07) is 17.8. The van der Waals surface area contributed by atoms with Gasteiger partial charge in [0.1, 0.15) is 17.7 Å². The fraction of sp³-hybridized carbons (Fsp3) is 0.238. The molecule has 0 radical (unpaired) electrons. The van der Waals surface area contributed by atoms with Crippen LogP contribution in [0.15, 0.2) is 71.5 Å². The number of alkyl halides is 3. The Morgan fingerprint density at radius 1 is 1.07 bits per heavy atom. The molecule has 0 heterocycles. The maximum atomic E-state index is 13.3. The van der Waals surface area contributed by atoms with E-state index in [0.29, 0.717) is 5.56 Å². The zero-order chi connectivity index (χ0) is 20.2. The van der Waals surface area contributed by atoms with Crippen molar-refractivity contribution in [2.75, 3.05) is 0 Å². The first-order valence-electron chi connectivity index (χ1n) is 8.69. The topological polar surface area (TPSA) is 50.7 Å². The van der Waals surface area contributed by atoms with Crippen LogP contribution in [-0.2, 0) is 16.1 Å². The molecular weight excluding hydrogens is 369 g/mol. The molecule has 0 spiro atoms. The molecular formula is C21H19F3N2O2. The summed E-state index contributed by atoms with van der Waals surface area (Å²) < 4.78 is 45.6. The minimum absolute atomic E-state index is 0.0569. The first-order valence-corrected chi connectivity index (χ1v) is 8.69. The van der Waals surface area contributed by atoms with Gasteiger partial charge in [0, 0.05) is 5.56 Å². The summed E-state index contributed by atoms with van der Waals surface area (Å²) in [5.74, 6) is -1.29. The van der Waals surface area contributed by atoms with Gasteiger partial charge in [-0.25, -0.2) is 0 Å². The van der Waals surface area contributed by atoms with Gasteiger partial charge in [-0.3, -0.25) is 15.1 Å². The molecule has 1 saturated carbocycles. The lowest BCUT2D eigenvalue weighted by Gasteiger charge is -2.21. The van der Waals surface area contributed by atoms with Crippen molar-refractivity contribution in [1.82, 2.24) is 5.32 Å². The van der Waals surface area contributed by atoms with Gasteiger partial charge in [0.2, 0.25) is 11.8 Å². The lowest BCUT2D eigenvalue weighted by Crippen LogP contribution is -2.41. The predicted molar refractivity (Wildman–Crippen MR) is 100 cm³/mol. The number of nitrogens with zero attached hydrogens (tertiary/aromatic N) is 1. The molecule has 28 heavy (non-hydrogen) atoms. The van der Waals surface area contributed by atoms with Crippen molar-refractivity contribution in [1.29, 1.82) is 0 Å². The van der Waals surface area contributed by atoms with Gasteiger partial charge < -0.3 is 4.74 Å². The second-order valence-corrected chi connectivity index (χ2v) is 6.51. The SMILES string of the molecule is C=N/C(=C(/NC(=O)C1(C(F)(F)F)CC1)OCc1ccccc1)c1ccccc1. The number of carbonyl (C=O) groups is 1. The smallest absolute Gasteiger partial charge is 0.403 e. The molecule has 0 atom stereocenters. The van der Waals surface area contributed by atoms with Crippen LogP contribution in [0.2, 0.25) is 0 Å². The number of halogens is 3. The fourth-order valence-electron chi connectivity index (χ4n) is 2.77. The third-order valence-corrected chi connectivity index (χ3v) is 4.60. The maximum absolute atomic E-state index is 13.3. The molecule has 3 rings (SSSR count). The van der Waals surface area contributed by atoms with Gasteiger partial charge in [-0.15, -0.1) is 0 Å². The largest absolute Gasteiger partial charge is 0.473 e. The molecule has 1 aliphatic rings. The van der Waals surface area contributed by atoms with Crippen molar-refractivity contribution in [2.45, 2.75) is 25.6 Å². The number of hydrogen-bond donors (Lipinski definition) is 1. The molecule has 1 N–H and O–H groups in total. The Bertz CT molecular complexity index is 874. The number of nitrogens with one attached hydrogen (secondary N) is 1. The zero-order valence-electron chi connectivity index (χ0n) is 15.0. The van der Waals surface area contributed by atoms with E-state index < -0.39 is 17.5 Å². The Morgan fingerprint density at radius 2 is 1.64 bits per heavy atom. The molecule has 2 aromatic carbocycles. The van der Waals surface area contributed by atoms with Crippen molar-refractivity contribution in [2.24, 2.45) is 10.4 Å². The number of aliphatic imine (C=N–C) groups is 1. The van der Waals surface area contributed by atoms with Crippen LogP contribution < -0.4 is 5.32 Å². The highest BCUT2D eigenvalue weighted by atomic mass is 19.4. The summed E-state index contributed by atoms with van der Waals surface area (Å²) in [4.78, 5) is 16.3. The van der Waals surface area contributed by atoms with Crippen LogP contribution in [0.4, 0.5) is 13.2 Å². The minimum Gasteiger partial charge on any atom is -0.473 e. The van der Waals surface area contributed by atoms with Gasteiger partial charge >= 0.3 is 6.18 Å². The van der Waals surface area contributed by atoms with E-state index in [1.807, 2.05) is 18.2 Å². The molecule has 0 aromatic heterocycles. The Balaban J connectivity index is 1.91. The molecule has 0 bridgehead atoms. The molecule has 2 aromatic rings. The average Bonchev–Trinajstić information content (AvgIpc) is 3.50. The number of hydrogen-bond acceptors (Lipinski definition) is 3. The van der Waals surface area contributed by atoms with Crippen LogP contribution in [0, 0.1) is 5.41 Å². The number of benzene rings is 2. The lowest BCUT2D eigenvalue weighted by atomic mass is 10.1. The van der Waals surface area contributed by atoms with Crippen molar-refractivity contribution in [3.05, 3.63) is 77.7 Å². The highest BCUT2D eigenvalue weighted by Crippen LogP contribution is 2.57. The third-order valence-electron chi connectivity index (χ3n) is 4.60. The third kappa shape index (κ3) is 4.08. The fourth-order valence-corrected chi connectivity index (χ4v) is 2.77. The van der Waals surface area contributed by atoms with E-state index >= 15 is 0 Å². The van der Waals surface area contributed by atoms with Crippen LogP contribution in [0.25, 0.3) is 5.70 Å². The standard InChI is InChI=1S/C21H19F3N2O2/c1-25-17(16-10-6-3-7-11-16)18(28-14-15-8-4-2-5-9-15)26-19(27)20(12-13-20)21(22,23)24/h2-11H,1,12-14H2,(H,26,27)/b18-17-. The van der Waals surface area contributed by atoms with Crippen molar-refractivity contribution in [3.63, 3.8) is 0 Å². The van der Waals surface area contributed by atoms with Crippen LogP contribution in [0.5, 0.6) is 0 Å². The van der Waals surface area contributed by atoms with E-state index in [-0.39, 0.29) is 31.0 Å². The second kappa shape index (κ2) is 7.88. The Labute approximate surface area is 160 Å². The zero-order valence-corrected chi connectivity index (χ0v) is 15.0. The molecule has 4 nitrogen and oxygen atoms in total. The molecule has 1 fully saturated rings. The van der Waals surface area contributed by atoms with E-state index in [2.05, 4.69) is 17.0 Å². The second-order valence-electron chi connectivity index (χ2n) is 6.51. The molecule has 146 valence electrons. The lowest BCUT2D eigenvalue weighted by molar-refractivity contribution is -0.192. The summed E-state index contributed by atoms with van der Waals surface area (Å²) in [6.45, 7) is 3.54. The average molecular weight is 388 g/mol. The molecule has 0 aliphatic heterocycles. The summed E-state index contributed by atoms with van der Waals surface area (Å²) >= 11 is 0. The van der Waals surface area contributed by atoms with Gasteiger partial charge in [-0.05, 0) is 25.1 Å². The van der Waals surface area contributed by atoms with E-state index in [4.69, 9.17) is 4.74 Å². The van der Waals surface area contributed by atoms with Crippen LogP contribution in [0.1, 0.15) is 24.0 Å². The first-order chi connectivity index (χ1) is 13.4. The van der Waals surface area contributed by atoms with Gasteiger partial charge in [-0.2, -0.15) is 13.2 Å². The summed E-state index contributed by atoms with van der Waals surface area (Å²) in [6.07, 6.45) is -5.09. The molecule has 0 unspecified atom stereocenters.